The molecule has 1 radical (unpaired) electrons. The fourth-order valence-corrected chi connectivity index (χ4v) is 0.589. The van der Waals surface area contributed by atoms with Gasteiger partial charge in [-0.3, -0.25) is 0 Å². The third-order valence-electron chi connectivity index (χ3n) is 0.379. The molecule has 0 aliphatic heterocycles. The smallest absolute Gasteiger partial charge is 0 e. The maximum atomic E-state index is 2.90. The van der Waals surface area contributed by atoms with Gasteiger partial charge in [0.1, 0.15) is 0 Å². The van der Waals surface area contributed by atoms with E-state index in [1.165, 1.54) is 0 Å². The summed E-state index contributed by atoms with van der Waals surface area (Å²) in [4.78, 5) is 0. The second-order valence-electron chi connectivity index (χ2n) is 0.731. The van der Waals surface area contributed by atoms with Crippen LogP contribution in [0.25, 0.3) is 0 Å². The maximum absolute atomic E-state index is 2.90. The zero-order chi connectivity index (χ0) is 3.54. The molecule has 0 aliphatic rings. The van der Waals surface area contributed by atoms with Crippen molar-refractivity contribution in [2.75, 3.05) is 0 Å². The number of thiophene rings is 1. The fraction of sp³-hybridized carbons (Fsp3) is 0. The van der Waals surface area contributed by atoms with Gasteiger partial charge in [0.25, 0.3) is 0 Å². The second kappa shape index (κ2) is 3.51. The van der Waals surface area contributed by atoms with Crippen LogP contribution in [-0.4, -0.2) is 0 Å². The molecule has 1 rings (SSSR count). The standard InChI is InChI=1S/C4H3S.Rh/c1-2-4-5-3-1;/h1-3H;/q-1;. The molecule has 0 amide bonds. The van der Waals surface area contributed by atoms with E-state index in [4.69, 9.17) is 0 Å². The van der Waals surface area contributed by atoms with Crippen molar-refractivity contribution < 1.29 is 19.5 Å². The largest absolute Gasteiger partial charge is 0.304 e. The zero-order valence-electron chi connectivity index (χ0n) is 2.97. The molecule has 0 N–H and O–H groups in total. The minimum atomic E-state index is 0. The summed E-state index contributed by atoms with van der Waals surface area (Å²) in [5, 5.41) is 4.89. The minimum absolute atomic E-state index is 0. The molecule has 0 aromatic carbocycles. The molecule has 2 heteroatoms. The van der Waals surface area contributed by atoms with E-state index in [1.54, 1.807) is 11.3 Å². The molecule has 0 atom stereocenters. The Morgan fingerprint density at radius 1 is 1.50 bits per heavy atom. The van der Waals surface area contributed by atoms with Crippen LogP contribution < -0.4 is 0 Å². The predicted octanol–water partition coefficient (Wildman–Crippen LogP) is 1.55. The van der Waals surface area contributed by atoms with E-state index in [0.717, 1.165) is 0 Å². The van der Waals surface area contributed by atoms with Gasteiger partial charge in [-0.2, -0.15) is 11.4 Å². The van der Waals surface area contributed by atoms with Crippen molar-refractivity contribution in [2.45, 2.75) is 0 Å². The van der Waals surface area contributed by atoms with Crippen molar-refractivity contribution in [3.05, 3.63) is 22.9 Å². The fourth-order valence-electron chi connectivity index (χ4n) is 0.196. The van der Waals surface area contributed by atoms with Crippen LogP contribution in [0.2, 0.25) is 0 Å². The van der Waals surface area contributed by atoms with Crippen molar-refractivity contribution in [3.63, 3.8) is 0 Å². The third-order valence-corrected chi connectivity index (χ3v) is 0.944. The molecule has 1 heterocycles. The van der Waals surface area contributed by atoms with E-state index >= 15 is 0 Å². The van der Waals surface area contributed by atoms with E-state index < -0.39 is 0 Å². The van der Waals surface area contributed by atoms with Gasteiger partial charge in [0, 0.05) is 19.5 Å². The minimum Gasteiger partial charge on any atom is -0.304 e. The topological polar surface area (TPSA) is 0 Å². The first-order chi connectivity index (χ1) is 2.50. The van der Waals surface area contributed by atoms with Crippen LogP contribution in [0.3, 0.4) is 0 Å². The van der Waals surface area contributed by atoms with Crippen molar-refractivity contribution >= 4 is 11.3 Å². The Morgan fingerprint density at radius 3 is 2.50 bits per heavy atom. The molecule has 0 aliphatic carbocycles. The Hall–Kier alpha value is 0.323. The second-order valence-corrected chi connectivity index (χ2v) is 1.47. The zero-order valence-corrected chi connectivity index (χ0v) is 5.43. The molecular weight excluding hydrogens is 183 g/mol. The SMILES string of the molecule is [Rh].[c-]1cccs1. The maximum Gasteiger partial charge on any atom is 0 e. The van der Waals surface area contributed by atoms with Crippen LogP contribution in [0, 0.1) is 5.38 Å². The van der Waals surface area contributed by atoms with Gasteiger partial charge in [0.2, 0.25) is 0 Å². The van der Waals surface area contributed by atoms with Crippen LogP contribution in [0.1, 0.15) is 0 Å². The third kappa shape index (κ3) is 1.69. The first kappa shape index (κ1) is 6.32. The summed E-state index contributed by atoms with van der Waals surface area (Å²) in [7, 11) is 0. The summed E-state index contributed by atoms with van der Waals surface area (Å²) in [5.74, 6) is 0. The van der Waals surface area contributed by atoms with E-state index in [0.29, 0.717) is 0 Å². The Labute approximate surface area is 54.0 Å². The summed E-state index contributed by atoms with van der Waals surface area (Å²) >= 11 is 1.59. The van der Waals surface area contributed by atoms with Crippen LogP contribution >= 0.6 is 11.3 Å². The van der Waals surface area contributed by atoms with Gasteiger partial charge < -0.3 is 11.3 Å². The van der Waals surface area contributed by atoms with Gasteiger partial charge in [-0.15, -0.1) is 5.38 Å². The van der Waals surface area contributed by atoms with Crippen LogP contribution in [0.4, 0.5) is 0 Å². The summed E-state index contributed by atoms with van der Waals surface area (Å²) in [6.45, 7) is 0. The van der Waals surface area contributed by atoms with Crippen LogP contribution in [0.15, 0.2) is 17.5 Å². The normalized spacial score (nSPS) is 6.67. The summed E-state index contributed by atoms with van der Waals surface area (Å²) < 4.78 is 0. The van der Waals surface area contributed by atoms with Crippen molar-refractivity contribution in [1.29, 1.82) is 0 Å². The van der Waals surface area contributed by atoms with Crippen LogP contribution in [-0.2, 0) is 19.5 Å². The van der Waals surface area contributed by atoms with Gasteiger partial charge >= 0.3 is 0 Å². The predicted molar refractivity (Wildman–Crippen MR) is 23.2 cm³/mol. The number of rotatable bonds is 0. The quantitative estimate of drug-likeness (QED) is 0.426. The van der Waals surface area contributed by atoms with Crippen molar-refractivity contribution in [2.24, 2.45) is 0 Å². The Bertz CT molecular complexity index is 64.0. The molecule has 35 valence electrons. The van der Waals surface area contributed by atoms with Gasteiger partial charge in [-0.25, -0.2) is 6.07 Å². The van der Waals surface area contributed by atoms with Gasteiger partial charge in [0.15, 0.2) is 0 Å². The first-order valence-electron chi connectivity index (χ1n) is 1.40. The molecule has 1 aromatic heterocycles. The molecule has 0 saturated carbocycles. The number of hydrogen-bond donors (Lipinski definition) is 0. The molecule has 0 saturated heterocycles. The van der Waals surface area contributed by atoms with Gasteiger partial charge in [-0.05, 0) is 0 Å². The number of hydrogen-bond acceptors (Lipinski definition) is 1. The Balaban J connectivity index is 0.000000250. The molecule has 0 spiro atoms. The van der Waals surface area contributed by atoms with Crippen molar-refractivity contribution in [3.8, 4) is 0 Å². The Morgan fingerprint density at radius 2 is 2.33 bits per heavy atom. The molecular formula is C4H3RhS-. The van der Waals surface area contributed by atoms with E-state index in [-0.39, 0.29) is 19.5 Å². The van der Waals surface area contributed by atoms with E-state index in [2.05, 4.69) is 5.38 Å². The van der Waals surface area contributed by atoms with Gasteiger partial charge in [-0.1, -0.05) is 0 Å². The molecule has 0 bridgehead atoms. The monoisotopic (exact) mass is 186 g/mol. The van der Waals surface area contributed by atoms with E-state index in [1.807, 2.05) is 17.5 Å². The average molecular weight is 186 g/mol. The van der Waals surface area contributed by atoms with Crippen LogP contribution in [0.5, 0.6) is 0 Å². The Kier molecular flexibility index (Phi) is 3.70. The summed E-state index contributed by atoms with van der Waals surface area (Å²) in [6, 6.07) is 3.86. The van der Waals surface area contributed by atoms with Gasteiger partial charge in [0.05, 0.1) is 0 Å². The summed E-state index contributed by atoms with van der Waals surface area (Å²) in [5.41, 5.74) is 0. The molecule has 0 unspecified atom stereocenters. The first-order valence-corrected chi connectivity index (χ1v) is 2.27. The van der Waals surface area contributed by atoms with E-state index in [9.17, 15) is 0 Å². The molecule has 0 fully saturated rings. The van der Waals surface area contributed by atoms with Crippen molar-refractivity contribution in [1.82, 2.24) is 0 Å². The summed E-state index contributed by atoms with van der Waals surface area (Å²) in [6.07, 6.45) is 0. The average Bonchev–Trinajstić information content (AvgIpc) is 1.76. The molecule has 0 nitrogen and oxygen atoms in total. The molecule has 6 heavy (non-hydrogen) atoms. The molecule has 1 aromatic rings.